The van der Waals surface area contributed by atoms with Crippen molar-refractivity contribution in [3.63, 3.8) is 0 Å². The van der Waals surface area contributed by atoms with Crippen LogP contribution in [0.5, 0.6) is 0 Å². The molecule has 3 N–H and O–H groups in total. The van der Waals surface area contributed by atoms with Crippen LogP contribution in [0.15, 0.2) is 30.5 Å². The van der Waals surface area contributed by atoms with Crippen molar-refractivity contribution in [2.24, 2.45) is 0 Å². The van der Waals surface area contributed by atoms with Gasteiger partial charge in [-0.05, 0) is 24.6 Å². The fraction of sp³-hybridized carbons (Fsp3) is 0.316. The van der Waals surface area contributed by atoms with Crippen LogP contribution in [0.1, 0.15) is 27.2 Å². The second-order valence-corrected chi connectivity index (χ2v) is 6.72. The lowest BCUT2D eigenvalue weighted by Gasteiger charge is -2.34. The molecule has 2 heterocycles. The molecule has 0 saturated carbocycles. The van der Waals surface area contributed by atoms with Crippen molar-refractivity contribution in [1.82, 2.24) is 19.6 Å². The molecule has 3 rings (SSSR count). The number of benzene rings is 1. The van der Waals surface area contributed by atoms with Crippen LogP contribution in [0.3, 0.4) is 0 Å². The average Bonchev–Trinajstić information content (AvgIpc) is 3.20. The van der Waals surface area contributed by atoms with Crippen molar-refractivity contribution in [2.45, 2.75) is 13.5 Å². The monoisotopic (exact) mass is 398 g/mol. The highest BCUT2D eigenvalue weighted by Crippen LogP contribution is 2.17. The molecule has 0 aliphatic carbocycles. The summed E-state index contributed by atoms with van der Waals surface area (Å²) in [4.78, 5) is 27.2. The summed E-state index contributed by atoms with van der Waals surface area (Å²) in [5.74, 6) is -1.24. The number of hydrogen-bond acceptors (Lipinski definition) is 7. The van der Waals surface area contributed by atoms with Gasteiger partial charge < -0.3 is 14.7 Å². The molecule has 10 nitrogen and oxygen atoms in total. The zero-order valence-electron chi connectivity index (χ0n) is 16.0. The number of ether oxygens (including phenoxy) is 1. The standard InChI is InChI=1S/C19H22N6O4/c1-13-2-3-14(15(10-13)17(21)29-12-20)11-23-6-8-24(9-7-23)19(28)25-5-4-16(22-25)18(26)27/h2-5,10,12,20-21H,6-9,11H2,1H3,(H,26,27). The maximum atomic E-state index is 12.5. The second-order valence-electron chi connectivity index (χ2n) is 6.72. The summed E-state index contributed by atoms with van der Waals surface area (Å²) < 4.78 is 5.98. The van der Waals surface area contributed by atoms with Crippen LogP contribution >= 0.6 is 0 Å². The number of carbonyl (C=O) groups excluding carboxylic acids is 1. The molecule has 2 aromatic rings. The van der Waals surface area contributed by atoms with Crippen molar-refractivity contribution in [3.05, 3.63) is 52.8 Å². The minimum Gasteiger partial charge on any atom is -0.476 e. The van der Waals surface area contributed by atoms with Gasteiger partial charge in [0.05, 0.1) is 0 Å². The normalized spacial score (nSPS) is 14.4. The molecule has 0 spiro atoms. The molecule has 0 unspecified atom stereocenters. The Labute approximate surface area is 167 Å². The highest BCUT2D eigenvalue weighted by atomic mass is 16.5. The summed E-state index contributed by atoms with van der Waals surface area (Å²) in [7, 11) is 0. The lowest BCUT2D eigenvalue weighted by atomic mass is 10.0. The lowest BCUT2D eigenvalue weighted by molar-refractivity contribution is 0.0689. The molecule has 1 fully saturated rings. The Bertz CT molecular complexity index is 946. The van der Waals surface area contributed by atoms with Crippen molar-refractivity contribution in [2.75, 3.05) is 26.2 Å². The van der Waals surface area contributed by atoms with Crippen molar-refractivity contribution >= 4 is 24.3 Å². The van der Waals surface area contributed by atoms with E-state index in [-0.39, 0.29) is 17.6 Å². The van der Waals surface area contributed by atoms with Crippen molar-refractivity contribution in [1.29, 1.82) is 10.8 Å². The van der Waals surface area contributed by atoms with Crippen LogP contribution in [-0.2, 0) is 11.3 Å². The van der Waals surface area contributed by atoms with Gasteiger partial charge >= 0.3 is 12.0 Å². The predicted molar refractivity (Wildman–Crippen MR) is 105 cm³/mol. The van der Waals surface area contributed by atoms with Crippen LogP contribution < -0.4 is 0 Å². The Kier molecular flexibility index (Phi) is 6.03. The largest absolute Gasteiger partial charge is 0.476 e. The molecule has 0 radical (unpaired) electrons. The van der Waals surface area contributed by atoms with Crippen LogP contribution in [-0.4, -0.2) is 75.2 Å². The number of rotatable bonds is 5. The van der Waals surface area contributed by atoms with E-state index in [0.29, 0.717) is 38.3 Å². The number of carboxylic acid groups (broad SMARTS) is 1. The molecule has 10 heteroatoms. The van der Waals surface area contributed by atoms with Crippen LogP contribution in [0.4, 0.5) is 4.79 Å². The molecule has 1 amide bonds. The molecule has 29 heavy (non-hydrogen) atoms. The lowest BCUT2D eigenvalue weighted by Crippen LogP contribution is -2.49. The molecule has 0 bridgehead atoms. The van der Waals surface area contributed by atoms with E-state index < -0.39 is 5.97 Å². The third-order valence-corrected chi connectivity index (χ3v) is 4.73. The van der Waals surface area contributed by atoms with Gasteiger partial charge in [0.25, 0.3) is 0 Å². The Balaban J connectivity index is 1.62. The minimum absolute atomic E-state index is 0.0690. The Hall–Kier alpha value is -3.53. The molecule has 1 aromatic heterocycles. The van der Waals surface area contributed by atoms with E-state index in [1.54, 1.807) is 4.90 Å². The van der Waals surface area contributed by atoms with Gasteiger partial charge in [0.2, 0.25) is 5.90 Å². The van der Waals surface area contributed by atoms with Gasteiger partial charge in [0.15, 0.2) is 12.1 Å². The van der Waals surface area contributed by atoms with E-state index >= 15 is 0 Å². The molecule has 1 aliphatic heterocycles. The minimum atomic E-state index is -1.17. The molecule has 1 saturated heterocycles. The van der Waals surface area contributed by atoms with Crippen LogP contribution in [0.2, 0.25) is 0 Å². The maximum absolute atomic E-state index is 12.5. The highest BCUT2D eigenvalue weighted by Gasteiger charge is 2.24. The molecule has 0 atom stereocenters. The third-order valence-electron chi connectivity index (χ3n) is 4.73. The van der Waals surface area contributed by atoms with Gasteiger partial charge in [-0.25, -0.2) is 9.59 Å². The SMILES string of the molecule is Cc1ccc(CN2CCN(C(=O)n3ccc(C(=O)O)n3)CC2)c(C(=N)OC=N)c1. The number of aryl methyl sites for hydroxylation is 1. The summed E-state index contributed by atoms with van der Waals surface area (Å²) in [6.45, 7) is 4.75. The fourth-order valence-corrected chi connectivity index (χ4v) is 3.19. The smallest absolute Gasteiger partial charge is 0.356 e. The van der Waals surface area contributed by atoms with Gasteiger partial charge in [-0.3, -0.25) is 15.7 Å². The maximum Gasteiger partial charge on any atom is 0.356 e. The zero-order valence-corrected chi connectivity index (χ0v) is 16.0. The van der Waals surface area contributed by atoms with E-state index in [0.717, 1.165) is 22.2 Å². The number of aromatic carboxylic acids is 1. The number of nitrogens with zero attached hydrogens (tertiary/aromatic N) is 4. The Morgan fingerprint density at radius 2 is 1.97 bits per heavy atom. The summed E-state index contributed by atoms with van der Waals surface area (Å²) >= 11 is 0. The molecule has 1 aromatic carbocycles. The Morgan fingerprint density at radius 1 is 1.24 bits per heavy atom. The van der Waals surface area contributed by atoms with Gasteiger partial charge in [-0.15, -0.1) is 0 Å². The topological polar surface area (TPSA) is 136 Å². The van der Waals surface area contributed by atoms with Crippen LogP contribution in [0.25, 0.3) is 0 Å². The third kappa shape index (κ3) is 4.66. The molecule has 152 valence electrons. The average molecular weight is 398 g/mol. The first-order valence-corrected chi connectivity index (χ1v) is 9.03. The van der Waals surface area contributed by atoms with E-state index in [1.807, 2.05) is 25.1 Å². The number of nitrogens with one attached hydrogen (secondary N) is 2. The fourth-order valence-electron chi connectivity index (χ4n) is 3.19. The van der Waals surface area contributed by atoms with Crippen molar-refractivity contribution in [3.8, 4) is 0 Å². The number of carbonyl (C=O) groups is 2. The summed E-state index contributed by atoms with van der Waals surface area (Å²) in [5, 5.41) is 27.8. The second kappa shape index (κ2) is 8.65. The highest BCUT2D eigenvalue weighted by molar-refractivity contribution is 5.96. The van der Waals surface area contributed by atoms with Gasteiger partial charge in [0, 0.05) is 44.5 Å². The number of piperazine rings is 1. The first-order valence-electron chi connectivity index (χ1n) is 9.03. The van der Waals surface area contributed by atoms with E-state index in [4.69, 9.17) is 20.7 Å². The number of carboxylic acids is 1. The van der Waals surface area contributed by atoms with Gasteiger partial charge in [-0.2, -0.15) is 9.78 Å². The predicted octanol–water partition coefficient (Wildman–Crippen LogP) is 1.62. The van der Waals surface area contributed by atoms with Gasteiger partial charge in [0.1, 0.15) is 0 Å². The van der Waals surface area contributed by atoms with E-state index in [9.17, 15) is 9.59 Å². The molecular formula is C19H22N6O4. The first kappa shape index (κ1) is 20.2. The summed E-state index contributed by atoms with van der Waals surface area (Å²) in [5.41, 5.74) is 2.39. The molecular weight excluding hydrogens is 376 g/mol. The number of amides is 1. The van der Waals surface area contributed by atoms with Crippen molar-refractivity contribution < 1.29 is 19.4 Å². The Morgan fingerprint density at radius 3 is 2.59 bits per heavy atom. The van der Waals surface area contributed by atoms with E-state index in [2.05, 4.69) is 10.00 Å². The molecule has 1 aliphatic rings. The van der Waals surface area contributed by atoms with E-state index in [1.165, 1.54) is 12.3 Å². The first-order chi connectivity index (χ1) is 13.9. The van der Waals surface area contributed by atoms with Crippen LogP contribution in [0, 0.1) is 17.7 Å². The number of aromatic nitrogens is 2. The summed E-state index contributed by atoms with van der Waals surface area (Å²) in [6, 6.07) is 6.71. The van der Waals surface area contributed by atoms with Gasteiger partial charge in [-0.1, -0.05) is 17.7 Å². The number of hydrogen-bond donors (Lipinski definition) is 3. The quantitative estimate of drug-likeness (QED) is 0.517. The summed E-state index contributed by atoms with van der Waals surface area (Å²) in [6.07, 6.45) is 2.09. The zero-order chi connectivity index (χ0) is 21.0.